The number of nitrogens with one attached hydrogen (secondary N) is 3. The Hall–Kier alpha value is -4.33. The Kier molecular flexibility index (Phi) is 3.73. The number of carbonyl (C=O) groups is 1. The van der Waals surface area contributed by atoms with Gasteiger partial charge in [0.05, 0.1) is 30.7 Å². The van der Waals surface area contributed by atoms with Crippen LogP contribution < -0.4 is 15.9 Å². The Morgan fingerprint density at radius 3 is 2.61 bits per heavy atom. The van der Waals surface area contributed by atoms with Gasteiger partial charge in [0.2, 0.25) is 12.1 Å². The third kappa shape index (κ3) is 2.51. The van der Waals surface area contributed by atoms with E-state index >= 15 is 0 Å². The van der Waals surface area contributed by atoms with Gasteiger partial charge in [-0.1, -0.05) is 47.4 Å². The fourth-order valence-electron chi connectivity index (χ4n) is 4.37. The monoisotopic (exact) mass is 409 g/mol. The lowest BCUT2D eigenvalue weighted by Gasteiger charge is -2.14. The fourth-order valence-corrected chi connectivity index (χ4v) is 4.37. The summed E-state index contributed by atoms with van der Waals surface area (Å²) in [5, 5.41) is 4.57. The lowest BCUT2D eigenvalue weighted by atomic mass is 10.0. The van der Waals surface area contributed by atoms with Crippen LogP contribution in [0.25, 0.3) is 33.2 Å². The molecule has 0 spiro atoms. The van der Waals surface area contributed by atoms with Crippen LogP contribution in [0.2, 0.25) is 0 Å². The van der Waals surface area contributed by atoms with Gasteiger partial charge >= 0.3 is 0 Å². The Bertz CT molecular complexity index is 1570. The second-order valence-corrected chi connectivity index (χ2v) is 7.41. The van der Waals surface area contributed by atoms with E-state index in [1.165, 1.54) is 0 Å². The molecule has 3 aromatic heterocycles. The van der Waals surface area contributed by atoms with E-state index in [0.717, 1.165) is 16.9 Å². The van der Waals surface area contributed by atoms with Crippen molar-refractivity contribution in [2.45, 2.75) is 6.54 Å². The number of aromatic amines is 2. The standard InChI is InChI=1S/C23H16N6O2/c30-20-15-7-3-2-6-14(15)19-17(20)13-5-1-4-8-16(13)23(31)29(19)10-9-24-21-18-22(26-11-25-18)28-12-27-21/h1-8,11-12H,9-10H2,(H2,24,25,26,27,28)/p+1. The predicted octanol–water partition coefficient (Wildman–Crippen LogP) is 2.41. The van der Waals surface area contributed by atoms with E-state index < -0.39 is 0 Å². The maximum Gasteiger partial charge on any atom is 0.260 e. The SMILES string of the molecule is O=C1c2ccccc2-c2c1c1ccccc1c(=O)n2CCNc1[nH+]cnc2nc[nH]c12. The van der Waals surface area contributed by atoms with Crippen LogP contribution in [-0.2, 0) is 6.54 Å². The van der Waals surface area contributed by atoms with Crippen molar-refractivity contribution in [2.24, 2.45) is 0 Å². The minimum Gasteiger partial charge on any atom is -0.336 e. The normalized spacial score (nSPS) is 12.3. The molecule has 0 fully saturated rings. The number of nitrogens with zero attached hydrogens (tertiary/aromatic N) is 3. The molecule has 0 unspecified atom stereocenters. The van der Waals surface area contributed by atoms with Gasteiger partial charge in [-0.3, -0.25) is 9.59 Å². The summed E-state index contributed by atoms with van der Waals surface area (Å²) >= 11 is 0. The molecular formula is C23H17N6O2+. The zero-order chi connectivity index (χ0) is 20.9. The highest BCUT2D eigenvalue weighted by Crippen LogP contribution is 2.38. The lowest BCUT2D eigenvalue weighted by Crippen LogP contribution is -2.27. The van der Waals surface area contributed by atoms with Gasteiger partial charge in [0.15, 0.2) is 11.3 Å². The van der Waals surface area contributed by atoms with Gasteiger partial charge in [0, 0.05) is 21.9 Å². The van der Waals surface area contributed by atoms with E-state index in [9.17, 15) is 9.59 Å². The first-order valence-electron chi connectivity index (χ1n) is 9.97. The maximum absolute atomic E-state index is 13.4. The van der Waals surface area contributed by atoms with Crippen molar-refractivity contribution in [3.63, 3.8) is 0 Å². The maximum atomic E-state index is 13.4. The number of fused-ring (bicyclic) bond motifs is 6. The molecule has 0 amide bonds. The molecule has 8 nitrogen and oxygen atoms in total. The van der Waals surface area contributed by atoms with Crippen LogP contribution in [0.5, 0.6) is 0 Å². The number of H-pyrrole nitrogens is 2. The average molecular weight is 409 g/mol. The number of ketones is 1. The third-order valence-electron chi connectivity index (χ3n) is 5.73. The van der Waals surface area contributed by atoms with Crippen LogP contribution in [0, 0.1) is 0 Å². The topological polar surface area (TPSA) is 107 Å². The van der Waals surface area contributed by atoms with Crippen molar-refractivity contribution >= 4 is 33.5 Å². The summed E-state index contributed by atoms with van der Waals surface area (Å²) in [6, 6.07) is 14.8. The van der Waals surface area contributed by atoms with Crippen LogP contribution in [0.1, 0.15) is 15.9 Å². The van der Waals surface area contributed by atoms with Crippen LogP contribution >= 0.6 is 0 Å². The van der Waals surface area contributed by atoms with Crippen molar-refractivity contribution in [3.8, 4) is 11.3 Å². The largest absolute Gasteiger partial charge is 0.336 e. The number of rotatable bonds is 4. The number of pyridine rings is 1. The van der Waals surface area contributed by atoms with Crippen molar-refractivity contribution in [2.75, 3.05) is 11.9 Å². The first kappa shape index (κ1) is 17.5. The summed E-state index contributed by atoms with van der Waals surface area (Å²) in [5.74, 6) is 0.703. The predicted molar refractivity (Wildman–Crippen MR) is 116 cm³/mol. The summed E-state index contributed by atoms with van der Waals surface area (Å²) in [6.07, 6.45) is 3.15. The van der Waals surface area contributed by atoms with Gasteiger partial charge in [-0.2, -0.15) is 0 Å². The molecule has 1 aliphatic carbocycles. The second-order valence-electron chi connectivity index (χ2n) is 7.41. The van der Waals surface area contributed by atoms with Crippen LogP contribution in [0.15, 0.2) is 66.0 Å². The van der Waals surface area contributed by atoms with Crippen molar-refractivity contribution in [3.05, 3.63) is 82.7 Å². The number of imidazole rings is 1. The Labute approximate surface area is 175 Å². The molecule has 0 bridgehead atoms. The minimum absolute atomic E-state index is 0.0369. The Morgan fingerprint density at radius 2 is 1.74 bits per heavy atom. The van der Waals surface area contributed by atoms with Crippen molar-refractivity contribution < 1.29 is 9.78 Å². The number of anilines is 1. The van der Waals surface area contributed by atoms with Gasteiger partial charge in [0.1, 0.15) is 0 Å². The highest BCUT2D eigenvalue weighted by molar-refractivity contribution is 6.26. The van der Waals surface area contributed by atoms with Gasteiger partial charge in [-0.05, 0) is 6.07 Å². The van der Waals surface area contributed by atoms with E-state index in [2.05, 4.69) is 25.3 Å². The summed E-state index contributed by atoms with van der Waals surface area (Å²) in [6.45, 7) is 0.856. The zero-order valence-corrected chi connectivity index (χ0v) is 16.3. The molecule has 150 valence electrons. The Balaban J connectivity index is 1.47. The van der Waals surface area contributed by atoms with Crippen molar-refractivity contribution in [1.29, 1.82) is 0 Å². The van der Waals surface area contributed by atoms with Gasteiger partial charge in [0.25, 0.3) is 11.2 Å². The summed E-state index contributed by atoms with van der Waals surface area (Å²) < 4.78 is 1.71. The number of hydrogen-bond donors (Lipinski definition) is 2. The minimum atomic E-state index is -0.106. The first-order chi connectivity index (χ1) is 15.2. The summed E-state index contributed by atoms with van der Waals surface area (Å²) in [7, 11) is 0. The molecule has 0 atom stereocenters. The van der Waals surface area contributed by atoms with Gasteiger partial charge in [-0.15, -0.1) is 0 Å². The molecule has 0 saturated carbocycles. The van der Waals surface area contributed by atoms with Crippen LogP contribution in [0.4, 0.5) is 5.82 Å². The van der Waals surface area contributed by atoms with E-state index in [1.54, 1.807) is 23.3 Å². The number of hydrogen-bond acceptors (Lipinski definition) is 5. The van der Waals surface area contributed by atoms with E-state index in [0.29, 0.717) is 46.3 Å². The van der Waals surface area contributed by atoms with Crippen LogP contribution in [0.3, 0.4) is 0 Å². The highest BCUT2D eigenvalue weighted by Gasteiger charge is 2.32. The molecule has 2 aromatic carbocycles. The molecule has 3 N–H and O–H groups in total. The lowest BCUT2D eigenvalue weighted by molar-refractivity contribution is -0.364. The highest BCUT2D eigenvalue weighted by atomic mass is 16.1. The molecule has 5 aromatic rings. The second kappa shape index (κ2) is 6.60. The quantitative estimate of drug-likeness (QED) is 0.465. The molecule has 0 aliphatic heterocycles. The molecule has 31 heavy (non-hydrogen) atoms. The molecule has 6 rings (SSSR count). The molecule has 0 radical (unpaired) electrons. The molecule has 8 heteroatoms. The molecule has 0 saturated heterocycles. The first-order valence-corrected chi connectivity index (χ1v) is 9.97. The number of carbonyl (C=O) groups excluding carboxylic acids is 1. The third-order valence-corrected chi connectivity index (χ3v) is 5.73. The fraction of sp³-hybridized carbons (Fsp3) is 0.0870. The van der Waals surface area contributed by atoms with Gasteiger partial charge < -0.3 is 14.9 Å². The van der Waals surface area contributed by atoms with E-state index in [-0.39, 0.29) is 11.3 Å². The zero-order valence-electron chi connectivity index (χ0n) is 16.3. The summed E-state index contributed by atoms with van der Waals surface area (Å²) in [4.78, 5) is 41.1. The average Bonchev–Trinajstić information content (AvgIpc) is 3.40. The van der Waals surface area contributed by atoms with E-state index in [4.69, 9.17) is 0 Å². The molecule has 3 heterocycles. The molecule has 1 aliphatic rings. The molecular weight excluding hydrogens is 392 g/mol. The summed E-state index contributed by atoms with van der Waals surface area (Å²) in [5.41, 5.74) is 3.99. The smallest absolute Gasteiger partial charge is 0.260 e. The van der Waals surface area contributed by atoms with Crippen molar-refractivity contribution in [1.82, 2.24) is 19.5 Å². The Morgan fingerprint density at radius 1 is 0.968 bits per heavy atom. The van der Waals surface area contributed by atoms with Crippen LogP contribution in [-0.4, -0.2) is 31.8 Å². The number of aromatic nitrogens is 5. The van der Waals surface area contributed by atoms with Gasteiger partial charge in [-0.25, -0.2) is 9.97 Å². The number of benzene rings is 2. The van der Waals surface area contributed by atoms with E-state index in [1.807, 2.05) is 42.5 Å².